The lowest BCUT2D eigenvalue weighted by Gasteiger charge is -2.11. The number of rotatable bonds is 6. The lowest BCUT2D eigenvalue weighted by atomic mass is 10.2. The number of ether oxygens (including phenoxy) is 1. The Balaban J connectivity index is 2.51. The number of nitrogens with one attached hydrogen (secondary N) is 1. The molecule has 2 N–H and O–H groups in total. The highest BCUT2D eigenvalue weighted by Crippen LogP contribution is 2.10. The highest BCUT2D eigenvalue weighted by molar-refractivity contribution is 6.05. The zero-order valence-electron chi connectivity index (χ0n) is 9.84. The van der Waals surface area contributed by atoms with Crippen LogP contribution in [0.5, 0.6) is 0 Å². The van der Waals surface area contributed by atoms with E-state index in [1.165, 1.54) is 0 Å². The molecule has 1 aliphatic heterocycles. The monoisotopic (exact) mass is 258 g/mol. The first-order valence-corrected chi connectivity index (χ1v) is 5.45. The van der Waals surface area contributed by atoms with E-state index in [9.17, 15) is 19.2 Å². The average molecular weight is 258 g/mol. The average Bonchev–Trinajstić information content (AvgIpc) is 2.52. The molecule has 3 amide bonds. The number of carboxylic acid groups (broad SMARTS) is 1. The van der Waals surface area contributed by atoms with Crippen molar-refractivity contribution in [2.45, 2.75) is 25.8 Å². The molecule has 8 heteroatoms. The second-order valence-corrected chi connectivity index (χ2v) is 3.64. The first kappa shape index (κ1) is 13.9. The first-order chi connectivity index (χ1) is 8.45. The van der Waals surface area contributed by atoms with E-state index in [1.807, 2.05) is 0 Å². The quantitative estimate of drug-likeness (QED) is 0.482. The van der Waals surface area contributed by atoms with Crippen molar-refractivity contribution in [3.8, 4) is 0 Å². The summed E-state index contributed by atoms with van der Waals surface area (Å²) in [5, 5.41) is 10.8. The standard InChI is InChI=1S/C10H14N2O6/c1-2-18-8(15)3-4-12-9(16)6(5-7(13)14)11-10(12)17/h6H,2-5H2,1H3,(H,11,17)(H,13,14)/t6-/m0/s1. The molecule has 1 atom stereocenters. The largest absolute Gasteiger partial charge is 0.481 e. The van der Waals surface area contributed by atoms with Gasteiger partial charge in [0.2, 0.25) is 0 Å². The van der Waals surface area contributed by atoms with Crippen LogP contribution in [0.1, 0.15) is 19.8 Å². The molecular formula is C10H14N2O6. The molecule has 0 aromatic heterocycles. The van der Waals surface area contributed by atoms with Gasteiger partial charge in [0.15, 0.2) is 0 Å². The molecule has 1 aliphatic rings. The van der Waals surface area contributed by atoms with Gasteiger partial charge >= 0.3 is 18.0 Å². The number of carboxylic acids is 1. The van der Waals surface area contributed by atoms with E-state index in [0.717, 1.165) is 4.90 Å². The van der Waals surface area contributed by atoms with E-state index in [1.54, 1.807) is 6.92 Å². The van der Waals surface area contributed by atoms with Gasteiger partial charge in [-0.05, 0) is 6.92 Å². The lowest BCUT2D eigenvalue weighted by Crippen LogP contribution is -2.34. The van der Waals surface area contributed by atoms with Gasteiger partial charge in [-0.15, -0.1) is 0 Å². The van der Waals surface area contributed by atoms with Crippen molar-refractivity contribution >= 4 is 23.9 Å². The number of amides is 3. The van der Waals surface area contributed by atoms with Gasteiger partial charge in [0.1, 0.15) is 6.04 Å². The molecule has 0 radical (unpaired) electrons. The molecular weight excluding hydrogens is 244 g/mol. The molecule has 0 unspecified atom stereocenters. The maximum Gasteiger partial charge on any atom is 0.324 e. The van der Waals surface area contributed by atoms with E-state index in [0.29, 0.717) is 0 Å². The van der Waals surface area contributed by atoms with Crippen molar-refractivity contribution in [1.29, 1.82) is 0 Å². The SMILES string of the molecule is CCOC(=O)CCN1C(=O)N[C@@H](CC(=O)O)C1=O. The summed E-state index contributed by atoms with van der Waals surface area (Å²) in [6, 6.07) is -1.74. The number of carbonyl (C=O) groups excluding carboxylic acids is 3. The number of esters is 1. The van der Waals surface area contributed by atoms with Crippen LogP contribution in [-0.2, 0) is 19.1 Å². The van der Waals surface area contributed by atoms with Crippen molar-refractivity contribution in [1.82, 2.24) is 10.2 Å². The van der Waals surface area contributed by atoms with Gasteiger partial charge in [-0.25, -0.2) is 4.79 Å². The Kier molecular flexibility index (Phi) is 4.64. The fourth-order valence-electron chi connectivity index (χ4n) is 1.54. The Morgan fingerprint density at radius 1 is 1.44 bits per heavy atom. The van der Waals surface area contributed by atoms with E-state index >= 15 is 0 Å². The van der Waals surface area contributed by atoms with Crippen molar-refractivity contribution in [3.05, 3.63) is 0 Å². The normalized spacial score (nSPS) is 18.7. The molecule has 1 rings (SSSR count). The predicted octanol–water partition coefficient (Wildman–Crippen LogP) is -0.665. The zero-order valence-corrected chi connectivity index (χ0v) is 9.84. The molecule has 0 aliphatic carbocycles. The van der Waals surface area contributed by atoms with Crippen LogP contribution in [0.15, 0.2) is 0 Å². The van der Waals surface area contributed by atoms with E-state index in [4.69, 9.17) is 5.11 Å². The Hall–Kier alpha value is -2.12. The Bertz CT molecular complexity index is 381. The fourth-order valence-corrected chi connectivity index (χ4v) is 1.54. The number of carbonyl (C=O) groups is 4. The summed E-state index contributed by atoms with van der Waals surface area (Å²) in [5.41, 5.74) is 0. The molecule has 0 bridgehead atoms. The number of imide groups is 1. The second kappa shape index (κ2) is 5.99. The molecule has 0 spiro atoms. The van der Waals surface area contributed by atoms with Gasteiger partial charge in [0.05, 0.1) is 19.4 Å². The van der Waals surface area contributed by atoms with E-state index < -0.39 is 36.3 Å². The summed E-state index contributed by atoms with van der Waals surface area (Å²) in [6.07, 6.45) is -0.576. The Morgan fingerprint density at radius 3 is 2.67 bits per heavy atom. The number of hydrogen-bond acceptors (Lipinski definition) is 5. The number of urea groups is 1. The molecule has 1 fully saturated rings. The Morgan fingerprint density at radius 2 is 2.11 bits per heavy atom. The highest BCUT2D eigenvalue weighted by Gasteiger charge is 2.38. The van der Waals surface area contributed by atoms with Crippen LogP contribution in [-0.4, -0.2) is 53.1 Å². The zero-order chi connectivity index (χ0) is 13.7. The van der Waals surface area contributed by atoms with Crippen LogP contribution >= 0.6 is 0 Å². The number of hydrogen-bond donors (Lipinski definition) is 2. The van der Waals surface area contributed by atoms with Crippen LogP contribution in [0.3, 0.4) is 0 Å². The molecule has 0 saturated carbocycles. The summed E-state index contributed by atoms with van der Waals surface area (Å²) >= 11 is 0. The van der Waals surface area contributed by atoms with Gasteiger partial charge < -0.3 is 15.2 Å². The van der Waals surface area contributed by atoms with Crippen LogP contribution < -0.4 is 5.32 Å². The molecule has 0 aromatic carbocycles. The molecule has 1 heterocycles. The molecule has 1 saturated heterocycles. The highest BCUT2D eigenvalue weighted by atomic mass is 16.5. The van der Waals surface area contributed by atoms with E-state index in [-0.39, 0.29) is 19.6 Å². The second-order valence-electron chi connectivity index (χ2n) is 3.64. The maximum absolute atomic E-state index is 11.6. The number of aliphatic carboxylic acids is 1. The molecule has 18 heavy (non-hydrogen) atoms. The van der Waals surface area contributed by atoms with Crippen LogP contribution in [0.25, 0.3) is 0 Å². The van der Waals surface area contributed by atoms with Crippen molar-refractivity contribution in [2.75, 3.05) is 13.2 Å². The minimum Gasteiger partial charge on any atom is -0.481 e. The van der Waals surface area contributed by atoms with Crippen LogP contribution in [0.4, 0.5) is 4.79 Å². The van der Waals surface area contributed by atoms with Gasteiger partial charge in [-0.3, -0.25) is 19.3 Å². The van der Waals surface area contributed by atoms with Gasteiger partial charge in [-0.1, -0.05) is 0 Å². The third-order valence-electron chi connectivity index (χ3n) is 2.33. The lowest BCUT2D eigenvalue weighted by molar-refractivity contribution is -0.144. The summed E-state index contributed by atoms with van der Waals surface area (Å²) < 4.78 is 4.66. The van der Waals surface area contributed by atoms with Crippen molar-refractivity contribution < 1.29 is 29.0 Å². The van der Waals surface area contributed by atoms with E-state index in [2.05, 4.69) is 10.1 Å². The third-order valence-corrected chi connectivity index (χ3v) is 2.33. The van der Waals surface area contributed by atoms with Gasteiger partial charge in [0, 0.05) is 6.54 Å². The van der Waals surface area contributed by atoms with Crippen LogP contribution in [0, 0.1) is 0 Å². The fraction of sp³-hybridized carbons (Fsp3) is 0.600. The molecule has 0 aromatic rings. The summed E-state index contributed by atoms with van der Waals surface area (Å²) in [5.74, 6) is -2.33. The summed E-state index contributed by atoms with van der Waals surface area (Å²) in [7, 11) is 0. The minimum atomic E-state index is -1.18. The molecule has 8 nitrogen and oxygen atoms in total. The smallest absolute Gasteiger partial charge is 0.324 e. The molecule has 100 valence electrons. The predicted molar refractivity (Wildman–Crippen MR) is 57.5 cm³/mol. The maximum atomic E-state index is 11.6. The Labute approximate surface area is 103 Å². The summed E-state index contributed by atoms with van der Waals surface area (Å²) in [6.45, 7) is 1.76. The number of nitrogens with zero attached hydrogens (tertiary/aromatic N) is 1. The van der Waals surface area contributed by atoms with Gasteiger partial charge in [0.25, 0.3) is 5.91 Å². The summed E-state index contributed by atoms with van der Waals surface area (Å²) in [4.78, 5) is 45.4. The first-order valence-electron chi connectivity index (χ1n) is 5.45. The van der Waals surface area contributed by atoms with Gasteiger partial charge in [-0.2, -0.15) is 0 Å². The topological polar surface area (TPSA) is 113 Å². The van der Waals surface area contributed by atoms with Crippen molar-refractivity contribution in [2.24, 2.45) is 0 Å². The van der Waals surface area contributed by atoms with Crippen LogP contribution in [0.2, 0.25) is 0 Å². The van der Waals surface area contributed by atoms with Crippen molar-refractivity contribution in [3.63, 3.8) is 0 Å². The third kappa shape index (κ3) is 3.44. The minimum absolute atomic E-state index is 0.104.